The lowest BCUT2D eigenvalue weighted by Gasteiger charge is -2.30. The summed E-state index contributed by atoms with van der Waals surface area (Å²) < 4.78 is 11.5. The van der Waals surface area contributed by atoms with E-state index >= 15 is 0 Å². The molecule has 4 aromatic rings. The maximum Gasteiger partial charge on any atom is 0.414 e. The normalized spacial score (nSPS) is 11.9. The molecule has 4 aromatic carbocycles. The largest absolute Gasteiger partial charge is 0.493 e. The number of hydrogen-bond acceptors (Lipinski definition) is 10. The van der Waals surface area contributed by atoms with Gasteiger partial charge < -0.3 is 24.2 Å². The molecule has 1 aliphatic heterocycles. The first-order chi connectivity index (χ1) is 25.2. The number of carbonyl (C=O) groups excluding carboxylic acids is 3. The van der Waals surface area contributed by atoms with Crippen LogP contribution in [0.4, 0.5) is 16.2 Å². The molecule has 0 fully saturated rings. The number of alkyl carbamates (subject to hydrolysis) is 1. The van der Waals surface area contributed by atoms with Crippen LogP contribution in [-0.4, -0.2) is 67.1 Å². The van der Waals surface area contributed by atoms with Gasteiger partial charge in [-0.1, -0.05) is 78.9 Å². The van der Waals surface area contributed by atoms with Crippen molar-refractivity contribution in [3.63, 3.8) is 0 Å². The average molecular weight is 708 g/mol. The molecule has 1 heterocycles. The molecule has 1 aliphatic rings. The second-order valence-corrected chi connectivity index (χ2v) is 12.7. The first-order valence-electron chi connectivity index (χ1n) is 17.2. The zero-order valence-electron chi connectivity index (χ0n) is 30.0. The molecule has 0 unspecified atom stereocenters. The van der Waals surface area contributed by atoms with Crippen LogP contribution in [0.25, 0.3) is 0 Å². The van der Waals surface area contributed by atoms with Crippen LogP contribution in [-0.2, 0) is 38.8 Å². The topological polar surface area (TPSA) is 122 Å². The average Bonchev–Trinajstić information content (AvgIpc) is 3.13. The summed E-state index contributed by atoms with van der Waals surface area (Å²) in [5.41, 5.74) is 4.11. The monoisotopic (exact) mass is 707 g/mol. The van der Waals surface area contributed by atoms with Gasteiger partial charge in [-0.3, -0.25) is 15.0 Å². The summed E-state index contributed by atoms with van der Waals surface area (Å²) in [6, 6.07) is 32.4. The summed E-state index contributed by atoms with van der Waals surface area (Å²) in [6.45, 7) is 4.62. The number of nitrogens with zero attached hydrogens (tertiary/aromatic N) is 4. The molecule has 1 N–H and O–H groups in total. The zero-order valence-corrected chi connectivity index (χ0v) is 30.0. The van der Waals surface area contributed by atoms with E-state index in [9.17, 15) is 14.4 Å². The number of rotatable bonds is 15. The maximum absolute atomic E-state index is 13.5. The second-order valence-electron chi connectivity index (χ2n) is 12.7. The highest BCUT2D eigenvalue weighted by Gasteiger charge is 2.28. The second kappa shape index (κ2) is 18.3. The van der Waals surface area contributed by atoms with Crippen LogP contribution in [0.5, 0.6) is 11.5 Å². The van der Waals surface area contributed by atoms with Crippen molar-refractivity contribution < 1.29 is 33.6 Å². The number of fused-ring (bicyclic) bond motifs is 1. The van der Waals surface area contributed by atoms with E-state index in [-0.39, 0.29) is 37.7 Å². The number of benzene rings is 4. The molecular weight excluding hydrogens is 662 g/mol. The Morgan fingerprint density at radius 3 is 2.12 bits per heavy atom. The van der Waals surface area contributed by atoms with Gasteiger partial charge in [-0.15, -0.1) is 0 Å². The summed E-state index contributed by atoms with van der Waals surface area (Å²) >= 11 is 0. The summed E-state index contributed by atoms with van der Waals surface area (Å²) in [6.07, 6.45) is -0.289. The van der Waals surface area contributed by atoms with E-state index in [2.05, 4.69) is 10.3 Å². The minimum atomic E-state index is -0.712. The van der Waals surface area contributed by atoms with Crippen LogP contribution in [0.15, 0.2) is 108 Å². The van der Waals surface area contributed by atoms with Crippen LogP contribution in [0.3, 0.4) is 0 Å². The molecule has 2 amide bonds. The highest BCUT2D eigenvalue weighted by Crippen LogP contribution is 2.34. The molecule has 0 aliphatic carbocycles. The molecule has 12 nitrogen and oxygen atoms in total. The maximum atomic E-state index is 13.5. The first-order valence-corrected chi connectivity index (χ1v) is 17.2. The van der Waals surface area contributed by atoms with Gasteiger partial charge in [0.2, 0.25) is 17.6 Å². The third-order valence-electron chi connectivity index (χ3n) is 8.01. The lowest BCUT2D eigenvalue weighted by atomic mass is 10.1. The van der Waals surface area contributed by atoms with Crippen molar-refractivity contribution in [2.24, 2.45) is 4.99 Å². The van der Waals surface area contributed by atoms with Gasteiger partial charge in [0.15, 0.2) is 0 Å². The van der Waals surface area contributed by atoms with Gasteiger partial charge in [0.1, 0.15) is 12.3 Å². The molecule has 5 rings (SSSR count). The van der Waals surface area contributed by atoms with E-state index in [1.807, 2.05) is 103 Å². The predicted molar refractivity (Wildman–Crippen MR) is 198 cm³/mol. The van der Waals surface area contributed by atoms with Crippen LogP contribution in [0.1, 0.15) is 43.4 Å². The number of amides is 2. The van der Waals surface area contributed by atoms with E-state index in [1.165, 1.54) is 0 Å². The van der Waals surface area contributed by atoms with E-state index in [1.54, 1.807) is 43.0 Å². The molecule has 0 aromatic heterocycles. The molecule has 0 saturated heterocycles. The third-order valence-corrected chi connectivity index (χ3v) is 8.01. The Balaban J connectivity index is 1.24. The number of aliphatic imine (C=N–C) groups is 1. The fraction of sp³-hybridized carbons (Fsp3) is 0.300. The molecular formula is C40H45N5O7. The van der Waals surface area contributed by atoms with Gasteiger partial charge in [0, 0.05) is 39.2 Å². The zero-order chi connectivity index (χ0) is 36.9. The van der Waals surface area contributed by atoms with E-state index in [0.717, 1.165) is 16.8 Å². The van der Waals surface area contributed by atoms with Crippen LogP contribution >= 0.6 is 0 Å². The van der Waals surface area contributed by atoms with Crippen molar-refractivity contribution in [1.29, 1.82) is 0 Å². The molecule has 0 spiro atoms. The van der Waals surface area contributed by atoms with E-state index in [0.29, 0.717) is 48.7 Å². The fourth-order valence-corrected chi connectivity index (χ4v) is 5.55. The molecule has 0 bridgehead atoms. The molecule has 0 radical (unpaired) electrons. The van der Waals surface area contributed by atoms with Crippen molar-refractivity contribution in [2.75, 3.05) is 32.1 Å². The van der Waals surface area contributed by atoms with Crippen molar-refractivity contribution in [3.05, 3.63) is 120 Å². The highest BCUT2D eigenvalue weighted by atomic mass is 17.2. The predicted octanol–water partition coefficient (Wildman–Crippen LogP) is 6.62. The Labute approximate surface area is 304 Å². The molecule has 272 valence electrons. The summed E-state index contributed by atoms with van der Waals surface area (Å²) in [5.74, 6) is 0.354. The van der Waals surface area contributed by atoms with Gasteiger partial charge in [0.05, 0.1) is 30.6 Å². The van der Waals surface area contributed by atoms with E-state index < -0.39 is 12.1 Å². The number of guanidine groups is 1. The van der Waals surface area contributed by atoms with Crippen LogP contribution in [0, 0.1) is 0 Å². The molecule has 52 heavy (non-hydrogen) atoms. The van der Waals surface area contributed by atoms with E-state index in [4.69, 9.17) is 19.2 Å². The smallest absolute Gasteiger partial charge is 0.414 e. The molecule has 12 heteroatoms. The van der Waals surface area contributed by atoms with Crippen LogP contribution in [0.2, 0.25) is 0 Å². The highest BCUT2D eigenvalue weighted by molar-refractivity contribution is 5.97. The SMILES string of the molecule is CC(C)OC(=O)NC1=Nc2cccc(OCCCC(=O)N(Cc3ccccc3)Cc3ccccc3)c2CN1CC(=O)OOc1ccccc1N(C)C. The van der Waals surface area contributed by atoms with Gasteiger partial charge >= 0.3 is 12.1 Å². The van der Waals surface area contributed by atoms with Gasteiger partial charge in [-0.25, -0.2) is 19.5 Å². The van der Waals surface area contributed by atoms with Gasteiger partial charge in [-0.2, -0.15) is 0 Å². The quantitative estimate of drug-likeness (QED) is 0.0826. The summed E-state index contributed by atoms with van der Waals surface area (Å²) in [7, 11) is 3.70. The lowest BCUT2D eigenvalue weighted by molar-refractivity contribution is -0.213. The number of carbonyl (C=O) groups is 3. The van der Waals surface area contributed by atoms with Crippen molar-refractivity contribution in [3.8, 4) is 11.5 Å². The van der Waals surface area contributed by atoms with Crippen molar-refractivity contribution >= 4 is 35.3 Å². The lowest BCUT2D eigenvalue weighted by Crippen LogP contribution is -2.48. The Morgan fingerprint density at radius 1 is 0.827 bits per heavy atom. The number of hydrogen-bond donors (Lipinski definition) is 1. The summed E-state index contributed by atoms with van der Waals surface area (Å²) in [5, 5.41) is 2.65. The van der Waals surface area contributed by atoms with Crippen molar-refractivity contribution in [2.45, 2.75) is 52.4 Å². The van der Waals surface area contributed by atoms with Crippen LogP contribution < -0.4 is 19.8 Å². The van der Waals surface area contributed by atoms with Crippen molar-refractivity contribution in [1.82, 2.24) is 15.1 Å². The Hall–Kier alpha value is -6.04. The number of para-hydroxylation sites is 2. The minimum absolute atomic E-state index is 0.0279. The fourth-order valence-electron chi connectivity index (χ4n) is 5.55. The molecule has 0 saturated carbocycles. The first kappa shape index (κ1) is 37.2. The van der Waals surface area contributed by atoms with Gasteiger partial charge in [-0.05, 0) is 55.7 Å². The summed E-state index contributed by atoms with van der Waals surface area (Å²) in [4.78, 5) is 59.6. The Bertz CT molecular complexity index is 1790. The number of ether oxygens (including phenoxy) is 2. The standard InChI is InChI=1S/C40H45N5O7/c1-29(2)50-40(48)42-39-41-33-19-13-22-35(32(33)27-45(39)28-38(47)52-51-36-21-12-11-20-34(36)43(3)4)49-24-14-23-37(46)44(25-30-15-7-5-8-16-30)26-31-17-9-6-10-18-31/h5-13,15-22,29H,14,23-28H2,1-4H3,(H,41,42,48). The minimum Gasteiger partial charge on any atom is -0.493 e. The Kier molecular flexibility index (Phi) is 13.1. The third kappa shape index (κ3) is 10.7. The molecule has 0 atom stereocenters. The number of nitrogens with one attached hydrogen (secondary N) is 1. The van der Waals surface area contributed by atoms with Gasteiger partial charge in [0.25, 0.3) is 0 Å². The Morgan fingerprint density at radius 2 is 1.46 bits per heavy atom. The number of anilines is 1.